The first-order valence-electron chi connectivity index (χ1n) is 3.23. The smallest absolute Gasteiger partial charge is 0.269 e. The van der Waals surface area contributed by atoms with Crippen LogP contribution < -0.4 is 5.56 Å². The first-order chi connectivity index (χ1) is 4.75. The number of aromatic nitrogens is 2. The van der Waals surface area contributed by atoms with Crippen LogP contribution in [0.4, 0.5) is 0 Å². The normalized spacial score (nSPS) is 10.1. The van der Waals surface area contributed by atoms with Crippen molar-refractivity contribution in [1.29, 1.82) is 0 Å². The maximum atomic E-state index is 10.8. The van der Waals surface area contributed by atoms with Gasteiger partial charge in [0.1, 0.15) is 0 Å². The number of hydrogen-bond donors (Lipinski definition) is 1. The molecule has 0 fully saturated rings. The topological polar surface area (TPSA) is 47.2 Å². The molecule has 1 N–H and O–H groups in total. The summed E-state index contributed by atoms with van der Waals surface area (Å²) in [7, 11) is 0. The molecule has 0 spiro atoms. The van der Waals surface area contributed by atoms with Crippen molar-refractivity contribution in [2.75, 3.05) is 0 Å². The fourth-order valence-electron chi connectivity index (χ4n) is 0.822. The van der Waals surface area contributed by atoms with Crippen LogP contribution in [0.2, 0.25) is 0 Å². The Labute approximate surface area is 58.3 Å². The van der Waals surface area contributed by atoms with Crippen LogP contribution in [-0.2, 0) is 6.54 Å². The monoisotopic (exact) mass is 142 g/mol. The van der Waals surface area contributed by atoms with Gasteiger partial charge in [-0.3, -0.25) is 4.79 Å². The summed E-state index contributed by atoms with van der Waals surface area (Å²) in [6.07, 6.45) is 2.17. The van der Waals surface area contributed by atoms with Crippen LogP contribution in [0.15, 0.2) is 17.1 Å². The summed E-state index contributed by atoms with van der Waals surface area (Å²) in [5, 5.41) is 8.94. The van der Waals surface area contributed by atoms with Crippen molar-refractivity contribution in [3.63, 3.8) is 0 Å². The van der Waals surface area contributed by atoms with E-state index in [1.54, 1.807) is 0 Å². The van der Waals surface area contributed by atoms with E-state index in [1.165, 1.54) is 16.9 Å². The van der Waals surface area contributed by atoms with Crippen LogP contribution in [-0.4, -0.2) is 14.7 Å². The largest absolute Gasteiger partial charge is 0.413 e. The highest BCUT2D eigenvalue weighted by atomic mass is 16.5. The first kappa shape index (κ1) is 6.92. The maximum Gasteiger partial charge on any atom is 0.269 e. The zero-order valence-corrected chi connectivity index (χ0v) is 5.82. The molecule has 0 radical (unpaired) electrons. The van der Waals surface area contributed by atoms with Crippen LogP contribution in [0.3, 0.4) is 0 Å². The highest BCUT2D eigenvalue weighted by Crippen LogP contribution is 1.84. The summed E-state index contributed by atoms with van der Waals surface area (Å²) in [5.41, 5.74) is -0.163. The molecule has 0 aliphatic rings. The van der Waals surface area contributed by atoms with Crippen molar-refractivity contribution in [1.82, 2.24) is 9.53 Å². The zero-order chi connectivity index (χ0) is 7.56. The second-order valence-electron chi connectivity index (χ2n) is 2.10. The molecule has 1 aromatic rings. The van der Waals surface area contributed by atoms with Gasteiger partial charge in [-0.2, -0.15) is 0 Å². The molecule has 1 heterocycles. The quantitative estimate of drug-likeness (QED) is 0.603. The van der Waals surface area contributed by atoms with Crippen molar-refractivity contribution >= 4 is 0 Å². The van der Waals surface area contributed by atoms with Gasteiger partial charge in [-0.15, -0.1) is 4.85 Å². The predicted octanol–water partition coefficient (Wildman–Crippen LogP) is 0.297. The lowest BCUT2D eigenvalue weighted by atomic mass is 10.5. The van der Waals surface area contributed by atoms with Gasteiger partial charge < -0.3 is 5.21 Å². The average Bonchev–Trinajstić information content (AvgIpc) is 2.20. The van der Waals surface area contributed by atoms with E-state index in [1.807, 2.05) is 6.92 Å². The molecule has 0 aromatic carbocycles. The Morgan fingerprint density at radius 2 is 2.40 bits per heavy atom. The van der Waals surface area contributed by atoms with E-state index in [2.05, 4.69) is 0 Å². The number of rotatable bonds is 2. The summed E-state index contributed by atoms with van der Waals surface area (Å²) in [5.74, 6) is 0. The van der Waals surface area contributed by atoms with Crippen molar-refractivity contribution in [2.45, 2.75) is 19.9 Å². The van der Waals surface area contributed by atoms with Gasteiger partial charge in [-0.25, -0.2) is 4.68 Å². The molecule has 0 amide bonds. The Morgan fingerprint density at radius 1 is 1.70 bits per heavy atom. The molecule has 4 heteroatoms. The molecule has 1 rings (SSSR count). The van der Waals surface area contributed by atoms with Crippen molar-refractivity contribution in [3.05, 3.63) is 22.6 Å². The standard InChI is InChI=1S/C6H10N2O2/c1-2-4-7-6(9)3-5-8(7)10/h3,5,10H,2,4H2,1H3. The Balaban J connectivity index is 2.99. The third-order valence-corrected chi connectivity index (χ3v) is 1.29. The molecule has 0 aliphatic heterocycles. The van der Waals surface area contributed by atoms with Crippen LogP contribution in [0, 0.1) is 0 Å². The highest BCUT2D eigenvalue weighted by Gasteiger charge is 1.97. The molecule has 0 saturated carbocycles. The summed E-state index contributed by atoms with van der Waals surface area (Å²) in [6.45, 7) is 2.50. The predicted molar refractivity (Wildman–Crippen MR) is 36.2 cm³/mol. The van der Waals surface area contributed by atoms with Crippen molar-refractivity contribution < 1.29 is 5.21 Å². The Bertz CT molecular complexity index is 261. The fraction of sp³-hybridized carbons (Fsp3) is 0.500. The van der Waals surface area contributed by atoms with Crippen molar-refractivity contribution in [3.8, 4) is 0 Å². The van der Waals surface area contributed by atoms with Gasteiger partial charge in [0, 0.05) is 12.6 Å². The summed E-state index contributed by atoms with van der Waals surface area (Å²) in [4.78, 5) is 11.6. The molecule has 1 aromatic heterocycles. The maximum absolute atomic E-state index is 10.8. The van der Waals surface area contributed by atoms with E-state index in [4.69, 9.17) is 5.21 Å². The van der Waals surface area contributed by atoms with Gasteiger partial charge in [-0.1, -0.05) is 6.92 Å². The van der Waals surface area contributed by atoms with Gasteiger partial charge in [0.15, 0.2) is 0 Å². The summed E-state index contributed by atoms with van der Waals surface area (Å²) < 4.78 is 1.26. The van der Waals surface area contributed by atoms with Crippen molar-refractivity contribution in [2.24, 2.45) is 0 Å². The Kier molecular flexibility index (Phi) is 1.80. The minimum absolute atomic E-state index is 0.163. The van der Waals surface area contributed by atoms with Crippen LogP contribution in [0.25, 0.3) is 0 Å². The molecule has 56 valence electrons. The third kappa shape index (κ3) is 1.05. The van der Waals surface area contributed by atoms with E-state index in [0.717, 1.165) is 11.3 Å². The Hall–Kier alpha value is -1.19. The summed E-state index contributed by atoms with van der Waals surface area (Å²) in [6, 6.07) is 1.33. The molecule has 4 nitrogen and oxygen atoms in total. The van der Waals surface area contributed by atoms with Gasteiger partial charge in [-0.05, 0) is 6.42 Å². The van der Waals surface area contributed by atoms with Gasteiger partial charge >= 0.3 is 0 Å². The molecule has 0 atom stereocenters. The van der Waals surface area contributed by atoms with E-state index in [-0.39, 0.29) is 5.56 Å². The van der Waals surface area contributed by atoms with E-state index >= 15 is 0 Å². The number of hydrogen-bond acceptors (Lipinski definition) is 2. The van der Waals surface area contributed by atoms with E-state index in [0.29, 0.717) is 6.54 Å². The lowest BCUT2D eigenvalue weighted by Gasteiger charge is -2.00. The van der Waals surface area contributed by atoms with Crippen LogP contribution in [0.1, 0.15) is 13.3 Å². The zero-order valence-electron chi connectivity index (χ0n) is 5.82. The van der Waals surface area contributed by atoms with Crippen LogP contribution >= 0.6 is 0 Å². The second-order valence-corrected chi connectivity index (χ2v) is 2.10. The van der Waals surface area contributed by atoms with Gasteiger partial charge in [0.25, 0.3) is 5.56 Å². The molecule has 0 bridgehead atoms. The van der Waals surface area contributed by atoms with Gasteiger partial charge in [0.2, 0.25) is 0 Å². The van der Waals surface area contributed by atoms with E-state index in [9.17, 15) is 4.79 Å². The molecule has 0 saturated heterocycles. The minimum Gasteiger partial charge on any atom is -0.413 e. The highest BCUT2D eigenvalue weighted by molar-refractivity contribution is 4.81. The molecule has 0 unspecified atom stereocenters. The number of nitrogens with zero attached hydrogens (tertiary/aromatic N) is 2. The second kappa shape index (κ2) is 2.60. The first-order valence-corrected chi connectivity index (χ1v) is 3.23. The Morgan fingerprint density at radius 3 is 2.80 bits per heavy atom. The lowest BCUT2D eigenvalue weighted by Crippen LogP contribution is -2.20. The van der Waals surface area contributed by atoms with Gasteiger partial charge in [0.05, 0.1) is 6.20 Å². The molecule has 0 aliphatic carbocycles. The molecular weight excluding hydrogens is 132 g/mol. The minimum atomic E-state index is -0.163. The summed E-state index contributed by atoms with van der Waals surface area (Å²) >= 11 is 0. The molecule has 10 heavy (non-hydrogen) atoms. The lowest BCUT2D eigenvalue weighted by molar-refractivity contribution is 0.105. The fourth-order valence-corrected chi connectivity index (χ4v) is 0.822. The van der Waals surface area contributed by atoms with Crippen LogP contribution in [0.5, 0.6) is 0 Å². The SMILES string of the molecule is CCCn1c(=O)ccn1O. The third-order valence-electron chi connectivity index (χ3n) is 1.29. The average molecular weight is 142 g/mol. The molecular formula is C6H10N2O2. The van der Waals surface area contributed by atoms with E-state index < -0.39 is 0 Å².